The highest BCUT2D eigenvalue weighted by Gasteiger charge is 2.52. The van der Waals surface area contributed by atoms with Gasteiger partial charge in [0.05, 0.1) is 11.2 Å². The highest BCUT2D eigenvalue weighted by Crippen LogP contribution is 2.37. The first-order chi connectivity index (χ1) is 13.4. The third kappa shape index (κ3) is 4.35. The molecule has 0 bridgehead atoms. The van der Waals surface area contributed by atoms with Crippen LogP contribution in [0.3, 0.4) is 0 Å². The molecule has 1 aromatic carbocycles. The Balaban J connectivity index is 1.75. The molecule has 0 saturated carbocycles. The van der Waals surface area contributed by atoms with Crippen molar-refractivity contribution in [3.63, 3.8) is 0 Å². The molecule has 9 heteroatoms. The molecule has 0 aliphatic carbocycles. The van der Waals surface area contributed by atoms with Crippen molar-refractivity contribution in [2.24, 2.45) is 0 Å². The third-order valence-corrected chi connectivity index (χ3v) is 5.95. The minimum atomic E-state index is -1.43. The van der Waals surface area contributed by atoms with Crippen LogP contribution >= 0.6 is 0 Å². The molecule has 1 aromatic rings. The fourth-order valence-electron chi connectivity index (χ4n) is 3.39. The van der Waals surface area contributed by atoms with E-state index in [1.165, 1.54) is 6.92 Å². The lowest BCUT2D eigenvalue weighted by Gasteiger charge is -2.40. The number of benzene rings is 1. The zero-order valence-corrected chi connectivity index (χ0v) is 17.4. The van der Waals surface area contributed by atoms with Crippen molar-refractivity contribution in [3.05, 3.63) is 29.8 Å². The zero-order chi connectivity index (χ0) is 21.6. The summed E-state index contributed by atoms with van der Waals surface area (Å²) in [6.07, 6.45) is -5.98. The lowest BCUT2D eigenvalue weighted by atomic mass is 9.78. The second-order valence-corrected chi connectivity index (χ2v) is 8.62. The Morgan fingerprint density at radius 2 is 1.55 bits per heavy atom. The Hall–Kier alpha value is -1.49. The normalized spacial score (nSPS) is 33.5. The Bertz CT molecular complexity index is 719. The van der Waals surface area contributed by atoms with E-state index in [4.69, 9.17) is 18.8 Å². The molecule has 0 radical (unpaired) electrons. The summed E-state index contributed by atoms with van der Waals surface area (Å²) in [5.74, 6) is -0.523. The van der Waals surface area contributed by atoms with E-state index in [2.05, 4.69) is 0 Å². The average Bonchev–Trinajstić information content (AvgIpc) is 2.87. The molecule has 0 aromatic heterocycles. The molecule has 8 nitrogen and oxygen atoms in total. The summed E-state index contributed by atoms with van der Waals surface area (Å²) >= 11 is 0. The Morgan fingerprint density at radius 1 is 1.00 bits per heavy atom. The second-order valence-electron chi connectivity index (χ2n) is 8.62. The van der Waals surface area contributed by atoms with Gasteiger partial charge in [0, 0.05) is 6.92 Å². The van der Waals surface area contributed by atoms with Gasteiger partial charge in [-0.3, -0.25) is 4.79 Å². The minimum Gasteiger partial charge on any atom is -0.463 e. The Morgan fingerprint density at radius 3 is 2.07 bits per heavy atom. The van der Waals surface area contributed by atoms with Crippen molar-refractivity contribution in [1.29, 1.82) is 0 Å². The van der Waals surface area contributed by atoms with Crippen LogP contribution in [0.15, 0.2) is 24.3 Å². The van der Waals surface area contributed by atoms with Crippen LogP contribution in [0.1, 0.15) is 46.3 Å². The molecule has 0 unspecified atom stereocenters. The van der Waals surface area contributed by atoms with Crippen molar-refractivity contribution in [2.75, 3.05) is 6.61 Å². The molecule has 3 N–H and O–H groups in total. The van der Waals surface area contributed by atoms with Gasteiger partial charge in [0.15, 0.2) is 0 Å². The first kappa shape index (κ1) is 22.2. The summed E-state index contributed by atoms with van der Waals surface area (Å²) < 4.78 is 22.7. The monoisotopic (exact) mass is 408 g/mol. The van der Waals surface area contributed by atoms with E-state index in [-0.39, 0.29) is 6.61 Å². The number of hydrogen-bond acceptors (Lipinski definition) is 8. The highest BCUT2D eigenvalue weighted by molar-refractivity contribution is 6.62. The first-order valence-electron chi connectivity index (χ1n) is 9.71. The third-order valence-electron chi connectivity index (χ3n) is 5.95. The highest BCUT2D eigenvalue weighted by atomic mass is 16.7. The average molecular weight is 408 g/mol. The van der Waals surface area contributed by atoms with Crippen molar-refractivity contribution in [1.82, 2.24) is 0 Å². The van der Waals surface area contributed by atoms with Crippen LogP contribution in [0.2, 0.25) is 0 Å². The predicted octanol–water partition coefficient (Wildman–Crippen LogP) is 0.0715. The van der Waals surface area contributed by atoms with Gasteiger partial charge >= 0.3 is 13.1 Å². The van der Waals surface area contributed by atoms with E-state index in [0.717, 1.165) is 5.46 Å². The van der Waals surface area contributed by atoms with Crippen molar-refractivity contribution < 1.29 is 38.9 Å². The minimum absolute atomic E-state index is 0.219. The molecule has 2 aliphatic heterocycles. The maximum atomic E-state index is 11.1. The lowest BCUT2D eigenvalue weighted by Crippen LogP contribution is -2.55. The SMILES string of the molecule is CC(=O)OC[C@H]1O[C@H](c2ccc(B3OC(C)(C)C(C)(C)O3)cc2)[C@@H](O)[C@@H](O)[C@@H]1O. The molecule has 2 aliphatic rings. The van der Waals surface area contributed by atoms with Crippen molar-refractivity contribution in [2.45, 2.75) is 76.3 Å². The molecule has 5 atom stereocenters. The summed E-state index contributed by atoms with van der Waals surface area (Å²) in [6.45, 7) is 8.93. The van der Waals surface area contributed by atoms with Crippen LogP contribution in [-0.2, 0) is 23.6 Å². The number of aliphatic hydroxyl groups excluding tert-OH is 3. The van der Waals surface area contributed by atoms with Gasteiger partial charge in [0.25, 0.3) is 0 Å². The number of rotatable bonds is 4. The number of carbonyl (C=O) groups excluding carboxylic acids is 1. The van der Waals surface area contributed by atoms with E-state index >= 15 is 0 Å². The smallest absolute Gasteiger partial charge is 0.463 e. The summed E-state index contributed by atoms with van der Waals surface area (Å²) in [7, 11) is -0.518. The van der Waals surface area contributed by atoms with Gasteiger partial charge in [-0.05, 0) is 38.7 Å². The quantitative estimate of drug-likeness (QED) is 0.474. The maximum absolute atomic E-state index is 11.1. The van der Waals surface area contributed by atoms with Crippen LogP contribution < -0.4 is 5.46 Å². The number of esters is 1. The molecule has 3 rings (SSSR count). The summed E-state index contributed by atoms with van der Waals surface area (Å²) in [4.78, 5) is 11.1. The van der Waals surface area contributed by atoms with Crippen molar-refractivity contribution >= 4 is 18.6 Å². The fraction of sp³-hybridized carbons (Fsp3) is 0.650. The Labute approximate surface area is 170 Å². The van der Waals surface area contributed by atoms with Crippen LogP contribution in [-0.4, -0.2) is 70.6 Å². The van der Waals surface area contributed by atoms with Crippen molar-refractivity contribution in [3.8, 4) is 0 Å². The second kappa shape index (κ2) is 7.98. The fourth-order valence-corrected chi connectivity index (χ4v) is 3.39. The molecule has 2 heterocycles. The molecular formula is C20H29BO8. The number of hydrogen-bond donors (Lipinski definition) is 3. The largest absolute Gasteiger partial charge is 0.494 e. The van der Waals surface area contributed by atoms with E-state index < -0.39 is 54.8 Å². The van der Waals surface area contributed by atoms with Gasteiger partial charge in [-0.25, -0.2) is 0 Å². The van der Waals surface area contributed by atoms with E-state index in [9.17, 15) is 20.1 Å². The molecule has 2 fully saturated rings. The van der Waals surface area contributed by atoms with Gasteiger partial charge in [0.1, 0.15) is 37.1 Å². The lowest BCUT2D eigenvalue weighted by molar-refractivity contribution is -0.234. The van der Waals surface area contributed by atoms with E-state index in [1.807, 2.05) is 39.8 Å². The van der Waals surface area contributed by atoms with Crippen LogP contribution in [0.4, 0.5) is 0 Å². The standard InChI is InChI=1S/C20H29BO8/c1-11(22)26-10-14-15(23)16(24)17(25)18(27-14)12-6-8-13(9-7-12)21-28-19(2,3)20(4,5)29-21/h6-9,14-18,23-25H,10H2,1-5H3/t14-,15-,16+,17+,18-/m1/s1. The molecule has 160 valence electrons. The number of carbonyl (C=O) groups is 1. The van der Waals surface area contributed by atoms with Gasteiger partial charge in [0.2, 0.25) is 0 Å². The summed E-state index contributed by atoms with van der Waals surface area (Å²) in [5, 5.41) is 30.7. The van der Waals surface area contributed by atoms with Gasteiger partial charge in [-0.15, -0.1) is 0 Å². The van der Waals surface area contributed by atoms with Gasteiger partial charge in [-0.2, -0.15) is 0 Å². The van der Waals surface area contributed by atoms with E-state index in [1.54, 1.807) is 12.1 Å². The molecular weight excluding hydrogens is 379 g/mol. The summed E-state index contributed by atoms with van der Waals surface area (Å²) in [6, 6.07) is 7.13. The predicted molar refractivity (Wildman–Crippen MR) is 104 cm³/mol. The van der Waals surface area contributed by atoms with E-state index in [0.29, 0.717) is 5.56 Å². The molecule has 29 heavy (non-hydrogen) atoms. The molecule has 0 spiro atoms. The summed E-state index contributed by atoms with van der Waals surface area (Å²) in [5.41, 5.74) is 0.512. The topological polar surface area (TPSA) is 115 Å². The number of aliphatic hydroxyl groups is 3. The molecule has 2 saturated heterocycles. The zero-order valence-electron chi connectivity index (χ0n) is 17.4. The van der Waals surface area contributed by atoms with Gasteiger partial charge in [-0.1, -0.05) is 24.3 Å². The van der Waals surface area contributed by atoms with Crippen LogP contribution in [0.5, 0.6) is 0 Å². The maximum Gasteiger partial charge on any atom is 0.494 e. The first-order valence-corrected chi connectivity index (χ1v) is 9.71. The number of ether oxygens (including phenoxy) is 2. The van der Waals surface area contributed by atoms with Crippen LogP contribution in [0, 0.1) is 0 Å². The Kier molecular flexibility index (Phi) is 6.11. The van der Waals surface area contributed by atoms with Crippen LogP contribution in [0.25, 0.3) is 0 Å². The van der Waals surface area contributed by atoms with Gasteiger partial charge < -0.3 is 34.1 Å². The molecule has 0 amide bonds.